The summed E-state index contributed by atoms with van der Waals surface area (Å²) in [7, 11) is 0. The Bertz CT molecular complexity index is 675. The van der Waals surface area contributed by atoms with Gasteiger partial charge in [0.15, 0.2) is 0 Å². The number of halogens is 2. The molecule has 0 N–H and O–H groups in total. The van der Waals surface area contributed by atoms with E-state index in [1.165, 1.54) is 37.7 Å². The average molecular weight is 424 g/mol. The third kappa shape index (κ3) is 4.06. The Labute approximate surface area is 163 Å². The summed E-state index contributed by atoms with van der Waals surface area (Å²) in [6.45, 7) is 0. The van der Waals surface area contributed by atoms with Gasteiger partial charge in [0.2, 0.25) is 0 Å². The van der Waals surface area contributed by atoms with Crippen LogP contribution in [0.25, 0.3) is 6.08 Å². The van der Waals surface area contributed by atoms with E-state index in [0.717, 1.165) is 10.0 Å². The third-order valence-electron chi connectivity index (χ3n) is 4.88. The van der Waals surface area contributed by atoms with E-state index in [1.54, 1.807) is 16.7 Å². The number of allylic oxidation sites excluding steroid dienone is 5. The molecular formula is C20H21Cl2Zr. The minimum absolute atomic E-state index is 0. The first-order chi connectivity index (χ1) is 10.4. The molecule has 1 aromatic rings. The first-order valence-electron chi connectivity index (χ1n) is 8.19. The maximum atomic E-state index is 2.49. The normalized spacial score (nSPS) is 21.6. The van der Waals surface area contributed by atoms with Crippen molar-refractivity contribution < 1.29 is 47.6 Å². The number of hydrogen-bond donors (Lipinski definition) is 0. The van der Waals surface area contributed by atoms with Crippen molar-refractivity contribution in [3.8, 4) is 0 Å². The maximum absolute atomic E-state index is 2.49. The fraction of sp³-hybridized carbons (Fsp3) is 0.350. The summed E-state index contributed by atoms with van der Waals surface area (Å²) in [5, 5.41) is 0. The first-order valence-corrected chi connectivity index (χ1v) is 10.8. The molecule has 0 saturated heterocycles. The van der Waals surface area contributed by atoms with Crippen molar-refractivity contribution in [1.82, 2.24) is 0 Å². The van der Waals surface area contributed by atoms with Gasteiger partial charge in [0.1, 0.15) is 0 Å². The molecule has 1 aromatic carbocycles. The summed E-state index contributed by atoms with van der Waals surface area (Å²) in [5.74, 6) is 0. The maximum Gasteiger partial charge on any atom is -1.00 e. The summed E-state index contributed by atoms with van der Waals surface area (Å²) in [4.78, 5) is 0. The molecule has 0 heterocycles. The molecule has 4 rings (SSSR count). The summed E-state index contributed by atoms with van der Waals surface area (Å²) >= 11 is -0.492. The molecule has 0 spiro atoms. The van der Waals surface area contributed by atoms with Gasteiger partial charge in [0.25, 0.3) is 0 Å². The molecule has 3 aliphatic carbocycles. The number of hydrogen-bond acceptors (Lipinski definition) is 0. The van der Waals surface area contributed by atoms with Crippen LogP contribution < -0.4 is 24.8 Å². The van der Waals surface area contributed by atoms with Crippen LogP contribution in [0.1, 0.15) is 53.3 Å². The van der Waals surface area contributed by atoms with Crippen LogP contribution in [0.5, 0.6) is 0 Å². The van der Waals surface area contributed by atoms with E-state index < -0.39 is 22.8 Å². The van der Waals surface area contributed by atoms with Gasteiger partial charge in [-0.1, -0.05) is 0 Å². The van der Waals surface area contributed by atoms with Crippen molar-refractivity contribution in [3.63, 3.8) is 0 Å². The van der Waals surface area contributed by atoms with E-state index in [4.69, 9.17) is 0 Å². The molecule has 1 saturated carbocycles. The van der Waals surface area contributed by atoms with E-state index in [9.17, 15) is 0 Å². The molecule has 1 fully saturated rings. The molecule has 3 heteroatoms. The fourth-order valence-corrected chi connectivity index (χ4v) is 8.40. The number of benzene rings is 1. The summed E-state index contributed by atoms with van der Waals surface area (Å²) in [6, 6.07) is 9.12. The number of rotatable bonds is 2. The van der Waals surface area contributed by atoms with Gasteiger partial charge in [-0.2, -0.15) is 0 Å². The van der Waals surface area contributed by atoms with Crippen molar-refractivity contribution in [1.29, 1.82) is 0 Å². The Morgan fingerprint density at radius 3 is 2.48 bits per heavy atom. The molecule has 1 atom stereocenters. The predicted molar refractivity (Wildman–Crippen MR) is 87.1 cm³/mol. The molecule has 0 aliphatic heterocycles. The smallest absolute Gasteiger partial charge is 1.00 e. The van der Waals surface area contributed by atoms with Crippen LogP contribution >= 0.6 is 0 Å². The quantitative estimate of drug-likeness (QED) is 0.587. The Kier molecular flexibility index (Phi) is 7.27. The standard InChI is InChI=1S/C14H11.C6H10.2ClH.Zr/c1-2-6-11(5-1)14-9-12-7-3-4-8-13(12)10-14;1-2-4-6-5-3-1;;;/h1-5,7-10H,6H2;1-5H2;2*1H;/q;;;;+2/p-2. The second-order valence-corrected chi connectivity index (χ2v) is 10.2. The molecule has 0 nitrogen and oxygen atoms in total. The minimum Gasteiger partial charge on any atom is -1.00 e. The Balaban J connectivity index is 0.000000960. The van der Waals surface area contributed by atoms with Gasteiger partial charge in [-0.15, -0.1) is 0 Å². The van der Waals surface area contributed by atoms with Crippen molar-refractivity contribution in [2.75, 3.05) is 0 Å². The number of fused-ring (bicyclic) bond motifs is 1. The Morgan fingerprint density at radius 1 is 0.957 bits per heavy atom. The zero-order valence-corrected chi connectivity index (χ0v) is 17.2. The Hall–Kier alpha value is -0.227. The molecule has 23 heavy (non-hydrogen) atoms. The van der Waals surface area contributed by atoms with Crippen LogP contribution in [-0.4, -0.2) is 3.21 Å². The van der Waals surface area contributed by atoms with Crippen molar-refractivity contribution in [2.45, 2.75) is 42.2 Å². The zero-order valence-electron chi connectivity index (χ0n) is 13.2. The van der Waals surface area contributed by atoms with Gasteiger partial charge in [-0.05, 0) is 0 Å². The minimum atomic E-state index is -0.492. The third-order valence-corrected chi connectivity index (χ3v) is 9.35. The van der Waals surface area contributed by atoms with Crippen LogP contribution in [0.3, 0.4) is 0 Å². The largest absolute Gasteiger partial charge is 1.00 e. The van der Waals surface area contributed by atoms with E-state index in [0.29, 0.717) is 0 Å². The van der Waals surface area contributed by atoms with Gasteiger partial charge in [-0.25, -0.2) is 0 Å². The summed E-state index contributed by atoms with van der Waals surface area (Å²) in [6.07, 6.45) is 17.8. The fourth-order valence-electron chi connectivity index (χ4n) is 3.75. The van der Waals surface area contributed by atoms with Crippen LogP contribution in [-0.2, 0) is 22.8 Å². The Morgan fingerprint density at radius 2 is 1.74 bits per heavy atom. The zero-order chi connectivity index (χ0) is 14.1. The second-order valence-electron chi connectivity index (χ2n) is 6.29. The van der Waals surface area contributed by atoms with Crippen LogP contribution in [0.2, 0.25) is 0 Å². The van der Waals surface area contributed by atoms with Crippen molar-refractivity contribution >= 4 is 9.28 Å². The topological polar surface area (TPSA) is 0 Å². The van der Waals surface area contributed by atoms with E-state index in [1.807, 2.05) is 3.21 Å². The molecule has 0 aromatic heterocycles. The SMILES string of the molecule is C1=CCC(C2=Cc3ccccc3[CH]2[Zr+2]=[C]2CCCCC2)=C1.[Cl-].[Cl-]. The summed E-state index contributed by atoms with van der Waals surface area (Å²) < 4.78 is 2.76. The molecular weight excluding hydrogens is 402 g/mol. The van der Waals surface area contributed by atoms with Crippen molar-refractivity contribution in [2.24, 2.45) is 0 Å². The van der Waals surface area contributed by atoms with Crippen LogP contribution in [0, 0.1) is 0 Å². The molecule has 0 bridgehead atoms. The van der Waals surface area contributed by atoms with Gasteiger partial charge in [0, 0.05) is 0 Å². The average Bonchev–Trinajstić information content (AvgIpc) is 3.16. The van der Waals surface area contributed by atoms with E-state index in [-0.39, 0.29) is 24.8 Å². The monoisotopic (exact) mass is 421 g/mol. The molecule has 0 radical (unpaired) electrons. The van der Waals surface area contributed by atoms with E-state index in [2.05, 4.69) is 48.6 Å². The molecule has 0 amide bonds. The van der Waals surface area contributed by atoms with Gasteiger partial charge < -0.3 is 24.8 Å². The molecule has 119 valence electrons. The van der Waals surface area contributed by atoms with Gasteiger partial charge >= 0.3 is 139 Å². The predicted octanol–water partition coefficient (Wildman–Crippen LogP) is -0.762. The second kappa shape index (κ2) is 8.75. The van der Waals surface area contributed by atoms with Crippen molar-refractivity contribution in [3.05, 3.63) is 64.8 Å². The van der Waals surface area contributed by atoms with Crippen LogP contribution in [0.4, 0.5) is 0 Å². The van der Waals surface area contributed by atoms with Crippen LogP contribution in [0.15, 0.2) is 53.6 Å². The van der Waals surface area contributed by atoms with Gasteiger partial charge in [-0.3, -0.25) is 0 Å². The van der Waals surface area contributed by atoms with E-state index >= 15 is 0 Å². The molecule has 1 unspecified atom stereocenters. The first kappa shape index (κ1) is 19.1. The molecule has 3 aliphatic rings. The van der Waals surface area contributed by atoms with Gasteiger partial charge in [0.05, 0.1) is 0 Å². The summed E-state index contributed by atoms with van der Waals surface area (Å²) in [5.41, 5.74) is 6.35.